The summed E-state index contributed by atoms with van der Waals surface area (Å²) in [7, 11) is 4.01. The summed E-state index contributed by atoms with van der Waals surface area (Å²) >= 11 is 0. The SMILES string of the molecule is CN(C)c1ccc([C@H](CC=CC=CC(=O)O)CNC2C=CC=C(Cc3ccccc3)C2=O)cc1. The van der Waals surface area contributed by atoms with Crippen LogP contribution in [0.25, 0.3) is 0 Å². The van der Waals surface area contributed by atoms with Crippen LogP contribution in [0.15, 0.2) is 103 Å². The quantitative estimate of drug-likeness (QED) is 0.379. The molecule has 2 aromatic rings. The van der Waals surface area contributed by atoms with Gasteiger partial charge in [0.2, 0.25) is 0 Å². The van der Waals surface area contributed by atoms with E-state index >= 15 is 0 Å². The molecule has 0 radical (unpaired) electrons. The Labute approximate surface area is 201 Å². The highest BCUT2D eigenvalue weighted by Gasteiger charge is 2.23. The fraction of sp³-hybridized carbons (Fsp3) is 0.241. The zero-order valence-corrected chi connectivity index (χ0v) is 19.7. The lowest BCUT2D eigenvalue weighted by atomic mass is 9.91. The normalized spacial score (nSPS) is 16.7. The molecule has 0 amide bonds. The Hall–Kier alpha value is -3.70. The van der Waals surface area contributed by atoms with Gasteiger partial charge in [0.15, 0.2) is 5.78 Å². The summed E-state index contributed by atoms with van der Waals surface area (Å²) in [6.07, 6.45) is 13.5. The van der Waals surface area contributed by atoms with Gasteiger partial charge < -0.3 is 15.3 Å². The molecule has 0 fully saturated rings. The molecule has 2 atom stereocenters. The van der Waals surface area contributed by atoms with Crippen molar-refractivity contribution in [2.24, 2.45) is 0 Å². The molecule has 34 heavy (non-hydrogen) atoms. The van der Waals surface area contributed by atoms with Crippen LogP contribution in [-0.4, -0.2) is 43.5 Å². The zero-order chi connectivity index (χ0) is 24.3. The smallest absolute Gasteiger partial charge is 0.328 e. The van der Waals surface area contributed by atoms with Crippen molar-refractivity contribution in [2.45, 2.75) is 24.8 Å². The molecule has 0 spiro atoms. The fourth-order valence-electron chi connectivity index (χ4n) is 3.89. The highest BCUT2D eigenvalue weighted by Crippen LogP contribution is 2.23. The summed E-state index contributed by atoms with van der Waals surface area (Å²) < 4.78 is 0. The molecule has 0 aromatic heterocycles. The third-order valence-electron chi connectivity index (χ3n) is 5.81. The Kier molecular flexibility index (Phi) is 9.18. The van der Waals surface area contributed by atoms with Crippen LogP contribution >= 0.6 is 0 Å². The molecule has 5 heteroatoms. The predicted molar refractivity (Wildman–Crippen MR) is 138 cm³/mol. The van der Waals surface area contributed by atoms with Gasteiger partial charge in [0.05, 0.1) is 6.04 Å². The first-order valence-electron chi connectivity index (χ1n) is 11.5. The Morgan fingerprint density at radius 2 is 1.82 bits per heavy atom. The van der Waals surface area contributed by atoms with E-state index in [4.69, 9.17) is 5.11 Å². The van der Waals surface area contributed by atoms with E-state index in [1.54, 1.807) is 6.08 Å². The van der Waals surface area contributed by atoms with Gasteiger partial charge in [-0.1, -0.05) is 78.9 Å². The lowest BCUT2D eigenvalue weighted by Crippen LogP contribution is -2.39. The molecule has 0 saturated heterocycles. The van der Waals surface area contributed by atoms with Crippen molar-refractivity contribution in [3.05, 3.63) is 114 Å². The maximum absolute atomic E-state index is 13.1. The molecule has 0 aliphatic heterocycles. The van der Waals surface area contributed by atoms with Gasteiger partial charge >= 0.3 is 5.97 Å². The summed E-state index contributed by atoms with van der Waals surface area (Å²) in [4.78, 5) is 25.8. The molecule has 0 heterocycles. The fourth-order valence-corrected chi connectivity index (χ4v) is 3.89. The number of hydrogen-bond acceptors (Lipinski definition) is 4. The van der Waals surface area contributed by atoms with Crippen LogP contribution in [-0.2, 0) is 16.0 Å². The van der Waals surface area contributed by atoms with E-state index in [9.17, 15) is 9.59 Å². The molecular weight excluding hydrogens is 424 g/mol. The van der Waals surface area contributed by atoms with E-state index in [-0.39, 0.29) is 17.7 Å². The molecule has 5 nitrogen and oxygen atoms in total. The van der Waals surface area contributed by atoms with Gasteiger partial charge in [-0.05, 0) is 35.6 Å². The monoisotopic (exact) mass is 456 g/mol. The van der Waals surface area contributed by atoms with Crippen molar-refractivity contribution in [2.75, 3.05) is 25.5 Å². The average molecular weight is 457 g/mol. The second-order valence-electron chi connectivity index (χ2n) is 8.53. The van der Waals surface area contributed by atoms with Crippen LogP contribution < -0.4 is 10.2 Å². The van der Waals surface area contributed by atoms with Gasteiger partial charge in [-0.25, -0.2) is 4.79 Å². The van der Waals surface area contributed by atoms with Crippen molar-refractivity contribution in [3.8, 4) is 0 Å². The summed E-state index contributed by atoms with van der Waals surface area (Å²) in [6, 6.07) is 18.1. The van der Waals surface area contributed by atoms with E-state index in [0.717, 1.165) is 34.9 Å². The van der Waals surface area contributed by atoms with Gasteiger partial charge in [0.25, 0.3) is 0 Å². The third-order valence-corrected chi connectivity index (χ3v) is 5.81. The number of aliphatic carboxylic acids is 1. The second-order valence-corrected chi connectivity index (χ2v) is 8.53. The van der Waals surface area contributed by atoms with Gasteiger partial charge in [0, 0.05) is 44.4 Å². The Bertz CT molecular complexity index is 1080. The molecule has 3 rings (SSSR count). The number of hydrogen-bond donors (Lipinski definition) is 2. The Morgan fingerprint density at radius 1 is 1.09 bits per heavy atom. The summed E-state index contributed by atoms with van der Waals surface area (Å²) in [5, 5.41) is 12.2. The van der Waals surface area contributed by atoms with E-state index in [1.807, 2.05) is 68.7 Å². The highest BCUT2D eigenvalue weighted by atomic mass is 16.4. The first-order valence-corrected chi connectivity index (χ1v) is 11.5. The van der Waals surface area contributed by atoms with Crippen molar-refractivity contribution in [1.82, 2.24) is 5.32 Å². The van der Waals surface area contributed by atoms with E-state index in [1.165, 1.54) is 6.08 Å². The standard InChI is InChI=1S/C29H32N2O3/c1-31(2)26-18-16-23(17-19-26)25(12-7-4-8-15-28(32)33)21-30-27-14-9-13-24(29(27)34)20-22-10-5-3-6-11-22/h3-11,13-19,25,27,30H,12,20-21H2,1-2H3,(H,32,33)/t25-,27?/m1/s1. The molecule has 176 valence electrons. The van der Waals surface area contributed by atoms with Gasteiger partial charge in [-0.3, -0.25) is 4.79 Å². The molecule has 0 saturated carbocycles. The number of carboxylic acids is 1. The maximum Gasteiger partial charge on any atom is 0.328 e. The number of rotatable bonds is 11. The number of allylic oxidation sites excluding steroid dienone is 5. The third kappa shape index (κ3) is 7.42. The Morgan fingerprint density at radius 3 is 2.50 bits per heavy atom. The van der Waals surface area contributed by atoms with Gasteiger partial charge in [-0.15, -0.1) is 0 Å². The minimum absolute atomic E-state index is 0.105. The second kappa shape index (κ2) is 12.5. The summed E-state index contributed by atoms with van der Waals surface area (Å²) in [5.41, 5.74) is 4.21. The van der Waals surface area contributed by atoms with Crippen molar-refractivity contribution in [1.29, 1.82) is 0 Å². The number of Topliss-reactive ketones (excluding diaryl/α,β-unsaturated/α-hetero) is 1. The minimum atomic E-state index is -0.968. The molecule has 1 aliphatic carbocycles. The van der Waals surface area contributed by atoms with E-state index in [2.05, 4.69) is 34.5 Å². The minimum Gasteiger partial charge on any atom is -0.478 e. The van der Waals surface area contributed by atoms with Crippen LogP contribution in [0.3, 0.4) is 0 Å². The van der Waals surface area contributed by atoms with Gasteiger partial charge in [0.1, 0.15) is 0 Å². The van der Waals surface area contributed by atoms with Crippen molar-refractivity contribution in [3.63, 3.8) is 0 Å². The first kappa shape index (κ1) is 24.9. The maximum atomic E-state index is 13.1. The zero-order valence-electron chi connectivity index (χ0n) is 19.7. The van der Waals surface area contributed by atoms with Crippen LogP contribution in [0.2, 0.25) is 0 Å². The number of carboxylic acid groups (broad SMARTS) is 1. The molecule has 2 N–H and O–H groups in total. The van der Waals surface area contributed by atoms with Crippen LogP contribution in [0.1, 0.15) is 23.5 Å². The van der Waals surface area contributed by atoms with Crippen LogP contribution in [0.4, 0.5) is 5.69 Å². The Balaban J connectivity index is 1.67. The number of benzene rings is 2. The van der Waals surface area contributed by atoms with E-state index < -0.39 is 5.97 Å². The molecule has 1 unspecified atom stereocenters. The number of anilines is 1. The first-order chi connectivity index (χ1) is 16.4. The van der Waals surface area contributed by atoms with E-state index in [0.29, 0.717) is 13.0 Å². The molecule has 1 aliphatic rings. The lowest BCUT2D eigenvalue weighted by Gasteiger charge is -2.23. The number of ketones is 1. The summed E-state index contributed by atoms with van der Waals surface area (Å²) in [6.45, 7) is 0.619. The van der Waals surface area contributed by atoms with Crippen LogP contribution in [0, 0.1) is 0 Å². The number of nitrogens with one attached hydrogen (secondary N) is 1. The predicted octanol–water partition coefficient (Wildman–Crippen LogP) is 4.69. The number of nitrogens with zero attached hydrogens (tertiary/aromatic N) is 1. The topological polar surface area (TPSA) is 69.6 Å². The largest absolute Gasteiger partial charge is 0.478 e. The van der Waals surface area contributed by atoms with Crippen molar-refractivity contribution < 1.29 is 14.7 Å². The molecule has 2 aromatic carbocycles. The van der Waals surface area contributed by atoms with Crippen molar-refractivity contribution >= 4 is 17.4 Å². The van der Waals surface area contributed by atoms with Gasteiger partial charge in [-0.2, -0.15) is 0 Å². The number of carbonyl (C=O) groups is 2. The molecule has 0 bridgehead atoms. The average Bonchev–Trinajstić information content (AvgIpc) is 2.83. The van der Waals surface area contributed by atoms with Crippen LogP contribution in [0.5, 0.6) is 0 Å². The molecular formula is C29H32N2O3. The number of carbonyl (C=O) groups excluding carboxylic acids is 1. The lowest BCUT2D eigenvalue weighted by molar-refractivity contribution is -0.131. The summed E-state index contributed by atoms with van der Waals surface area (Å²) in [5.74, 6) is -0.729. The highest BCUT2D eigenvalue weighted by molar-refractivity contribution is 6.02.